The fourth-order valence-corrected chi connectivity index (χ4v) is 6.98. The van der Waals surface area contributed by atoms with Crippen molar-refractivity contribution in [2.45, 2.75) is 240 Å². The zero-order valence-corrected chi connectivity index (χ0v) is 34.0. The summed E-state index contributed by atoms with van der Waals surface area (Å²) in [6, 6.07) is 0. The summed E-state index contributed by atoms with van der Waals surface area (Å²) in [5, 5.41) is 9.32. The molecule has 45 heavy (non-hydrogen) atoms. The van der Waals surface area contributed by atoms with Gasteiger partial charge in [0.05, 0.1) is 0 Å². The van der Waals surface area contributed by atoms with Crippen molar-refractivity contribution in [1.82, 2.24) is 0 Å². The van der Waals surface area contributed by atoms with Crippen molar-refractivity contribution in [2.24, 2.45) is 5.92 Å². The lowest BCUT2D eigenvalue weighted by Gasteiger charge is -2.36. The van der Waals surface area contributed by atoms with E-state index in [9.17, 15) is 0 Å². The summed E-state index contributed by atoms with van der Waals surface area (Å²) in [7, 11) is -1.59. The highest BCUT2D eigenvalue weighted by Gasteiger charge is 2.36. The fraction of sp³-hybridized carbons (Fsp3) is 0.952. The van der Waals surface area contributed by atoms with Crippen molar-refractivity contribution in [1.29, 1.82) is 0 Å². The van der Waals surface area contributed by atoms with E-state index >= 15 is 0 Å². The normalized spacial score (nSPS) is 12.0. The van der Waals surface area contributed by atoms with Crippen LogP contribution in [-0.2, 0) is 4.43 Å². The lowest BCUT2D eigenvalue weighted by Crippen LogP contribution is -2.40. The van der Waals surface area contributed by atoms with Crippen molar-refractivity contribution in [3.8, 4) is 0 Å². The molecule has 0 aromatic rings. The highest BCUT2D eigenvalue weighted by atomic mass is 28.4. The molecule has 0 aliphatic carbocycles. The largest absolute Gasteiger partial charge is 0.417 e. The second kappa shape index (κ2) is 33.8. The van der Waals surface area contributed by atoms with Gasteiger partial charge in [-0.2, -0.15) is 0 Å². The predicted molar refractivity (Wildman–Crippen MR) is 209 cm³/mol. The van der Waals surface area contributed by atoms with Crippen LogP contribution in [0.15, 0.2) is 11.6 Å². The van der Waals surface area contributed by atoms with Crippen LogP contribution in [0, 0.1) is 5.92 Å². The molecule has 0 aliphatic rings. The second-order valence-electron chi connectivity index (χ2n) is 15.7. The molecule has 0 fully saturated rings. The van der Waals surface area contributed by atoms with Gasteiger partial charge in [0.15, 0.2) is 8.32 Å². The maximum absolute atomic E-state index is 9.00. The number of aliphatic hydroxyl groups excluding tert-OH is 1. The molecule has 0 aromatic heterocycles. The summed E-state index contributed by atoms with van der Waals surface area (Å²) >= 11 is 0. The van der Waals surface area contributed by atoms with E-state index in [-0.39, 0.29) is 0 Å². The molecule has 0 aromatic carbocycles. The van der Waals surface area contributed by atoms with E-state index in [0.29, 0.717) is 11.6 Å². The highest BCUT2D eigenvalue weighted by molar-refractivity contribution is 6.74. The molecule has 2 nitrogen and oxygen atoms in total. The van der Waals surface area contributed by atoms with E-state index in [1.807, 2.05) is 0 Å². The van der Waals surface area contributed by atoms with Gasteiger partial charge < -0.3 is 9.53 Å². The van der Waals surface area contributed by atoms with Crippen LogP contribution in [0.3, 0.4) is 0 Å². The molecule has 0 heterocycles. The first-order valence-electron chi connectivity index (χ1n) is 20.5. The molecule has 0 spiro atoms. The summed E-state index contributed by atoms with van der Waals surface area (Å²) in [6.07, 6.45) is 39.1. The summed E-state index contributed by atoms with van der Waals surface area (Å²) < 4.78 is 6.35. The summed E-state index contributed by atoms with van der Waals surface area (Å²) in [4.78, 5) is 0. The first-order valence-corrected chi connectivity index (χ1v) is 23.4. The molecular weight excluding hydrogens is 565 g/mol. The molecule has 0 saturated heterocycles. The molecule has 3 heteroatoms. The number of hydrogen-bond donors (Lipinski definition) is 1. The van der Waals surface area contributed by atoms with Gasteiger partial charge in [-0.15, -0.1) is 0 Å². The van der Waals surface area contributed by atoms with E-state index in [2.05, 4.69) is 67.6 Å². The third-order valence-electron chi connectivity index (χ3n) is 10.2. The maximum atomic E-state index is 9.00. The lowest BCUT2D eigenvalue weighted by molar-refractivity contribution is 0.261. The van der Waals surface area contributed by atoms with Gasteiger partial charge in [-0.3, -0.25) is 0 Å². The molecule has 0 atom stereocenters. The van der Waals surface area contributed by atoms with Crippen molar-refractivity contribution in [2.75, 3.05) is 13.2 Å². The average molecular weight is 653 g/mol. The minimum absolute atomic E-state index is 0.318. The Morgan fingerprint density at radius 2 is 0.956 bits per heavy atom. The van der Waals surface area contributed by atoms with Gasteiger partial charge >= 0.3 is 0 Å². The van der Waals surface area contributed by atoms with E-state index in [4.69, 9.17) is 9.53 Å². The molecule has 0 amide bonds. The Bertz CT molecular complexity index is 576. The quantitative estimate of drug-likeness (QED) is 0.0459. The highest BCUT2D eigenvalue weighted by Crippen LogP contribution is 2.36. The maximum Gasteiger partial charge on any atom is 0.191 e. The number of allylic oxidation sites excluding steroid dienone is 1. The topological polar surface area (TPSA) is 29.5 Å². The molecule has 0 aliphatic heterocycles. The fourth-order valence-electron chi connectivity index (χ4n) is 5.92. The minimum atomic E-state index is -1.59. The van der Waals surface area contributed by atoms with Crippen LogP contribution in [0.2, 0.25) is 18.1 Å². The zero-order chi connectivity index (χ0) is 34.1. The van der Waals surface area contributed by atoms with Gasteiger partial charge in [-0.05, 0) is 69.0 Å². The number of rotatable bonds is 31. The van der Waals surface area contributed by atoms with Gasteiger partial charge in [-0.1, -0.05) is 189 Å². The van der Waals surface area contributed by atoms with Crippen LogP contribution in [0.1, 0.15) is 222 Å². The Kier molecular flexibility index (Phi) is 35.3. The van der Waals surface area contributed by atoms with Crippen LogP contribution in [0.5, 0.6) is 0 Å². The third-order valence-corrected chi connectivity index (χ3v) is 14.8. The Morgan fingerprint density at radius 1 is 0.578 bits per heavy atom. The standard InChI is InChI=1S/C24H50OSi.C18H38O/c1-8-10-12-14-16-19-23(20-17-15-13-11-9-2)21-18-22-25-26(6,7)24(3,4)5;1-3-5-7-9-11-14-18(16-13-17-19)15-12-10-8-6-4-2/h21H,8-20,22H2,1-7H3;18-19H,3-17H2,1-2H3. The van der Waals surface area contributed by atoms with Gasteiger partial charge in [0.25, 0.3) is 0 Å². The summed E-state index contributed by atoms with van der Waals surface area (Å²) in [5.74, 6) is 0.885. The van der Waals surface area contributed by atoms with E-state index in [1.54, 1.807) is 5.57 Å². The predicted octanol–water partition coefficient (Wildman–Crippen LogP) is 15.1. The van der Waals surface area contributed by atoms with E-state index < -0.39 is 8.32 Å². The number of hydrogen-bond acceptors (Lipinski definition) is 2. The van der Waals surface area contributed by atoms with Crippen LogP contribution in [0.4, 0.5) is 0 Å². The zero-order valence-electron chi connectivity index (χ0n) is 33.0. The van der Waals surface area contributed by atoms with Gasteiger partial charge in [-0.25, -0.2) is 0 Å². The Balaban J connectivity index is 0. The lowest BCUT2D eigenvalue weighted by atomic mass is 9.90. The monoisotopic (exact) mass is 653 g/mol. The molecule has 0 radical (unpaired) electrons. The Labute approximate surface area is 287 Å². The smallest absolute Gasteiger partial charge is 0.191 e. The van der Waals surface area contributed by atoms with Crippen molar-refractivity contribution in [3.05, 3.63) is 11.6 Å². The molecule has 0 unspecified atom stereocenters. The summed E-state index contributed by atoms with van der Waals surface area (Å²) in [6.45, 7) is 22.1. The molecule has 272 valence electrons. The van der Waals surface area contributed by atoms with Crippen molar-refractivity contribution < 1.29 is 9.53 Å². The first-order chi connectivity index (χ1) is 21.6. The first kappa shape index (κ1) is 47.0. The van der Waals surface area contributed by atoms with Crippen LogP contribution < -0.4 is 0 Å². The molecular formula is C42H88O2Si. The van der Waals surface area contributed by atoms with Crippen molar-refractivity contribution >= 4 is 8.32 Å². The number of unbranched alkanes of at least 4 members (excludes halogenated alkanes) is 16. The SMILES string of the molecule is CCCCCCCC(=CCCO[Si](C)(C)C(C)(C)C)CCCCCCC.CCCCCCCC(CCCO)CCCCCCC. The van der Waals surface area contributed by atoms with E-state index in [1.165, 1.54) is 161 Å². The molecule has 1 N–H and O–H groups in total. The second-order valence-corrected chi connectivity index (χ2v) is 20.5. The van der Waals surface area contributed by atoms with E-state index in [0.717, 1.165) is 25.4 Å². The van der Waals surface area contributed by atoms with Gasteiger partial charge in [0.1, 0.15) is 0 Å². The Morgan fingerprint density at radius 3 is 1.33 bits per heavy atom. The van der Waals surface area contributed by atoms with Crippen LogP contribution >= 0.6 is 0 Å². The molecule has 0 rings (SSSR count). The van der Waals surface area contributed by atoms with Crippen molar-refractivity contribution in [3.63, 3.8) is 0 Å². The third kappa shape index (κ3) is 32.2. The van der Waals surface area contributed by atoms with Gasteiger partial charge in [0.2, 0.25) is 0 Å². The Hall–Kier alpha value is -0.123. The molecule has 0 saturated carbocycles. The average Bonchev–Trinajstić information content (AvgIpc) is 3.00. The summed E-state index contributed by atoms with van der Waals surface area (Å²) in [5.41, 5.74) is 1.71. The van der Waals surface area contributed by atoms with Crippen LogP contribution in [0.25, 0.3) is 0 Å². The number of aliphatic hydroxyl groups is 1. The van der Waals surface area contributed by atoms with Gasteiger partial charge in [0, 0.05) is 13.2 Å². The minimum Gasteiger partial charge on any atom is -0.417 e. The molecule has 0 bridgehead atoms. The van der Waals surface area contributed by atoms with Crippen LogP contribution in [-0.4, -0.2) is 26.6 Å².